The molecule has 2 saturated heterocycles. The van der Waals surface area contributed by atoms with Crippen molar-refractivity contribution in [1.29, 1.82) is 0 Å². The topological polar surface area (TPSA) is 59.1 Å². The van der Waals surface area contributed by atoms with Gasteiger partial charge in [0.2, 0.25) is 0 Å². The molecular weight excluding hydrogens is 304 g/mol. The van der Waals surface area contributed by atoms with Gasteiger partial charge in [0, 0.05) is 17.4 Å². The summed E-state index contributed by atoms with van der Waals surface area (Å²) in [7, 11) is 0. The lowest BCUT2D eigenvalue weighted by atomic mass is 9.76. The largest absolute Gasteiger partial charge is 0.462 e. The minimum Gasteiger partial charge on any atom is -0.462 e. The molecule has 0 amide bonds. The summed E-state index contributed by atoms with van der Waals surface area (Å²) in [6, 6.07) is 0. The zero-order chi connectivity index (χ0) is 17.5. The molecule has 2 heterocycles. The molecule has 3 rings (SSSR count). The van der Waals surface area contributed by atoms with Crippen molar-refractivity contribution in [3.8, 4) is 0 Å². The minimum atomic E-state index is -0.903. The Morgan fingerprint density at radius 2 is 2.08 bits per heavy atom. The SMILES string of the molecule is C=C1CC[C@H]2O[C@@]2(C)CC[C@@H]2/C(=C\C=C\C(C)(C)O)C(=O)OC[C@@H]12. The van der Waals surface area contributed by atoms with E-state index in [-0.39, 0.29) is 23.4 Å². The fourth-order valence-electron chi connectivity index (χ4n) is 3.89. The third-order valence-electron chi connectivity index (χ3n) is 5.53. The lowest BCUT2D eigenvalue weighted by Crippen LogP contribution is -2.34. The summed E-state index contributed by atoms with van der Waals surface area (Å²) < 4.78 is 11.3. The van der Waals surface area contributed by atoms with Crippen LogP contribution < -0.4 is 0 Å². The highest BCUT2D eigenvalue weighted by Crippen LogP contribution is 2.49. The van der Waals surface area contributed by atoms with E-state index in [1.165, 1.54) is 0 Å². The van der Waals surface area contributed by atoms with Gasteiger partial charge < -0.3 is 14.6 Å². The first-order chi connectivity index (χ1) is 11.2. The summed E-state index contributed by atoms with van der Waals surface area (Å²) in [5, 5.41) is 9.82. The van der Waals surface area contributed by atoms with Crippen molar-refractivity contribution in [3.05, 3.63) is 36.0 Å². The van der Waals surface area contributed by atoms with E-state index >= 15 is 0 Å². The molecule has 0 aromatic carbocycles. The first kappa shape index (κ1) is 17.4. The van der Waals surface area contributed by atoms with Crippen molar-refractivity contribution in [3.63, 3.8) is 0 Å². The van der Waals surface area contributed by atoms with Crippen LogP contribution in [0.2, 0.25) is 0 Å². The van der Waals surface area contributed by atoms with E-state index in [9.17, 15) is 9.90 Å². The van der Waals surface area contributed by atoms with Gasteiger partial charge in [-0.1, -0.05) is 30.4 Å². The van der Waals surface area contributed by atoms with Gasteiger partial charge in [-0.2, -0.15) is 0 Å². The van der Waals surface area contributed by atoms with Gasteiger partial charge in [-0.15, -0.1) is 0 Å². The molecule has 0 radical (unpaired) electrons. The van der Waals surface area contributed by atoms with E-state index in [1.54, 1.807) is 32.1 Å². The molecule has 0 unspecified atom stereocenters. The predicted octanol–water partition coefficient (Wildman–Crippen LogP) is 3.32. The second kappa shape index (κ2) is 6.16. The molecule has 0 bridgehead atoms. The summed E-state index contributed by atoms with van der Waals surface area (Å²) in [6.07, 6.45) is 9.34. The number of fused-ring (bicyclic) bond motifs is 2. The van der Waals surface area contributed by atoms with Crippen molar-refractivity contribution >= 4 is 5.97 Å². The lowest BCUT2D eigenvalue weighted by Gasteiger charge is -2.34. The number of aliphatic hydroxyl groups is 1. The summed E-state index contributed by atoms with van der Waals surface area (Å²) in [6.45, 7) is 10.3. The van der Waals surface area contributed by atoms with Gasteiger partial charge in [-0.05, 0) is 46.5 Å². The fraction of sp³-hybridized carbons (Fsp3) is 0.650. The maximum Gasteiger partial charge on any atom is 0.334 e. The van der Waals surface area contributed by atoms with Gasteiger partial charge in [0.05, 0.1) is 23.9 Å². The molecule has 0 spiro atoms. The van der Waals surface area contributed by atoms with E-state index in [0.29, 0.717) is 18.3 Å². The summed E-state index contributed by atoms with van der Waals surface area (Å²) in [4.78, 5) is 12.3. The van der Waals surface area contributed by atoms with Gasteiger partial charge in [0.15, 0.2) is 0 Å². The second-order valence-electron chi connectivity index (χ2n) is 8.10. The van der Waals surface area contributed by atoms with Crippen LogP contribution in [-0.2, 0) is 14.3 Å². The Bertz CT molecular complexity index is 595. The molecular formula is C20H28O4. The Labute approximate surface area is 144 Å². The predicted molar refractivity (Wildman–Crippen MR) is 92.3 cm³/mol. The third kappa shape index (κ3) is 3.65. The lowest BCUT2D eigenvalue weighted by molar-refractivity contribution is -0.144. The number of epoxide rings is 1. The Hall–Kier alpha value is -1.39. The second-order valence-corrected chi connectivity index (χ2v) is 8.10. The average molecular weight is 332 g/mol. The highest BCUT2D eigenvalue weighted by Gasteiger charge is 2.53. The number of esters is 1. The number of cyclic esters (lactones) is 1. The van der Waals surface area contributed by atoms with E-state index in [0.717, 1.165) is 31.3 Å². The van der Waals surface area contributed by atoms with E-state index < -0.39 is 5.60 Å². The van der Waals surface area contributed by atoms with Crippen LogP contribution in [0, 0.1) is 11.8 Å². The van der Waals surface area contributed by atoms with Crippen LogP contribution in [0.25, 0.3) is 0 Å². The fourth-order valence-corrected chi connectivity index (χ4v) is 3.89. The number of hydrogen-bond acceptors (Lipinski definition) is 4. The zero-order valence-electron chi connectivity index (χ0n) is 14.9. The Kier molecular flexibility index (Phi) is 4.47. The molecule has 2 aliphatic heterocycles. The van der Waals surface area contributed by atoms with Gasteiger partial charge >= 0.3 is 5.97 Å². The van der Waals surface area contributed by atoms with Crippen LogP contribution in [-0.4, -0.2) is 35.0 Å². The molecule has 3 aliphatic rings. The molecule has 1 saturated carbocycles. The molecule has 132 valence electrons. The molecule has 4 nitrogen and oxygen atoms in total. The van der Waals surface area contributed by atoms with Crippen LogP contribution in [0.3, 0.4) is 0 Å². The van der Waals surface area contributed by atoms with Crippen LogP contribution in [0.4, 0.5) is 0 Å². The summed E-state index contributed by atoms with van der Waals surface area (Å²) >= 11 is 0. The number of rotatable bonds is 2. The average Bonchev–Trinajstić information content (AvgIpc) is 3.13. The van der Waals surface area contributed by atoms with Crippen molar-refractivity contribution in [2.24, 2.45) is 11.8 Å². The summed E-state index contributed by atoms with van der Waals surface area (Å²) in [5.41, 5.74) is 0.907. The molecule has 3 fully saturated rings. The molecule has 1 aliphatic carbocycles. The number of allylic oxidation sites excluding steroid dienone is 2. The number of carbonyl (C=O) groups is 1. The molecule has 1 N–H and O–H groups in total. The van der Waals surface area contributed by atoms with Gasteiger partial charge in [0.1, 0.15) is 0 Å². The van der Waals surface area contributed by atoms with Gasteiger partial charge in [0.25, 0.3) is 0 Å². The molecule has 0 aromatic heterocycles. The summed E-state index contributed by atoms with van der Waals surface area (Å²) in [5.74, 6) is 0.0534. The van der Waals surface area contributed by atoms with Crippen LogP contribution in [0.15, 0.2) is 36.0 Å². The van der Waals surface area contributed by atoms with Crippen molar-refractivity contribution in [2.75, 3.05) is 6.61 Å². The first-order valence-corrected chi connectivity index (χ1v) is 8.84. The highest BCUT2D eigenvalue weighted by atomic mass is 16.6. The number of carbonyl (C=O) groups excluding carboxylic acids is 1. The molecule has 4 atom stereocenters. The zero-order valence-corrected chi connectivity index (χ0v) is 14.9. The molecule has 4 heteroatoms. The van der Waals surface area contributed by atoms with Gasteiger partial charge in [-0.25, -0.2) is 4.79 Å². The maximum absolute atomic E-state index is 12.3. The Morgan fingerprint density at radius 1 is 1.33 bits per heavy atom. The minimum absolute atomic E-state index is 0.0371. The van der Waals surface area contributed by atoms with Crippen LogP contribution in [0.5, 0.6) is 0 Å². The standard InChI is InChI=1S/C20H28O4/c1-13-7-8-17-20(4,24-17)11-9-14-15(6-5-10-19(2,3)22)18(21)23-12-16(13)14/h5-6,10,14,16-17,22H,1,7-9,11-12H2,2-4H3/b10-5+,15-6+/t14-,16+,17-,20+/m1/s1. The maximum atomic E-state index is 12.3. The quantitative estimate of drug-likeness (QED) is 0.365. The third-order valence-corrected chi connectivity index (χ3v) is 5.53. The van der Waals surface area contributed by atoms with Crippen molar-refractivity contribution in [2.45, 2.75) is 63.8 Å². The Balaban J connectivity index is 1.86. The van der Waals surface area contributed by atoms with Gasteiger partial charge in [-0.3, -0.25) is 0 Å². The van der Waals surface area contributed by atoms with Crippen LogP contribution in [0.1, 0.15) is 46.5 Å². The van der Waals surface area contributed by atoms with E-state index in [2.05, 4.69) is 13.5 Å². The smallest absolute Gasteiger partial charge is 0.334 e. The highest BCUT2D eigenvalue weighted by molar-refractivity contribution is 5.90. The monoisotopic (exact) mass is 332 g/mol. The van der Waals surface area contributed by atoms with Crippen LogP contribution >= 0.6 is 0 Å². The number of hydrogen-bond donors (Lipinski definition) is 1. The normalized spacial score (nSPS) is 38.8. The molecule has 0 aromatic rings. The first-order valence-electron chi connectivity index (χ1n) is 8.84. The Morgan fingerprint density at radius 3 is 2.79 bits per heavy atom. The van der Waals surface area contributed by atoms with E-state index in [4.69, 9.17) is 9.47 Å². The van der Waals surface area contributed by atoms with E-state index in [1.807, 2.05) is 0 Å². The van der Waals surface area contributed by atoms with Crippen molar-refractivity contribution < 1.29 is 19.4 Å². The molecule has 24 heavy (non-hydrogen) atoms. The number of ether oxygens (including phenoxy) is 2. The van der Waals surface area contributed by atoms with Crippen molar-refractivity contribution in [1.82, 2.24) is 0 Å².